The van der Waals surface area contributed by atoms with Gasteiger partial charge in [-0.1, -0.05) is 36.4 Å². The van der Waals surface area contributed by atoms with Crippen LogP contribution in [0.1, 0.15) is 15.9 Å². The molecule has 34 heavy (non-hydrogen) atoms. The molecule has 1 aliphatic rings. The Morgan fingerprint density at radius 1 is 1.03 bits per heavy atom. The second-order valence-electron chi connectivity index (χ2n) is 8.09. The normalized spacial score (nSPS) is 12.4. The molecular formula is C26H20N4O4. The Balaban J connectivity index is 1.46. The maximum atomic E-state index is 11.3. The molecule has 0 aliphatic carbocycles. The van der Waals surface area contributed by atoms with Crippen molar-refractivity contribution in [2.24, 2.45) is 7.05 Å². The van der Waals surface area contributed by atoms with Crippen LogP contribution in [0, 0.1) is 0 Å². The van der Waals surface area contributed by atoms with E-state index in [0.717, 1.165) is 44.6 Å². The fraction of sp³-hybridized carbons (Fsp3) is 0.115. The molecule has 2 aromatic heterocycles. The molecule has 168 valence electrons. The van der Waals surface area contributed by atoms with E-state index in [2.05, 4.69) is 17.4 Å². The van der Waals surface area contributed by atoms with Gasteiger partial charge in [-0.05, 0) is 35.9 Å². The number of aromatic carboxylic acids is 1. The maximum Gasteiger partial charge on any atom is 0.335 e. The Kier molecular flexibility index (Phi) is 4.58. The summed E-state index contributed by atoms with van der Waals surface area (Å²) in [4.78, 5) is 21.0. The average Bonchev–Trinajstić information content (AvgIpc) is 3.45. The van der Waals surface area contributed by atoms with E-state index in [-0.39, 0.29) is 12.4 Å². The van der Waals surface area contributed by atoms with Crippen LogP contribution in [-0.2, 0) is 13.6 Å². The molecule has 2 N–H and O–H groups in total. The van der Waals surface area contributed by atoms with Gasteiger partial charge in [0, 0.05) is 24.5 Å². The summed E-state index contributed by atoms with van der Waals surface area (Å²) < 4.78 is 13.0. The molecule has 3 aromatic carbocycles. The average molecular weight is 452 g/mol. The van der Waals surface area contributed by atoms with E-state index in [1.165, 1.54) is 0 Å². The summed E-state index contributed by atoms with van der Waals surface area (Å²) in [6.07, 6.45) is 0. The van der Waals surface area contributed by atoms with Crippen molar-refractivity contribution < 1.29 is 19.4 Å². The highest BCUT2D eigenvalue weighted by Crippen LogP contribution is 2.35. The van der Waals surface area contributed by atoms with Crippen molar-refractivity contribution in [2.75, 3.05) is 12.1 Å². The molecule has 1 aliphatic heterocycles. The van der Waals surface area contributed by atoms with Crippen LogP contribution in [0.2, 0.25) is 0 Å². The quantitative estimate of drug-likeness (QED) is 0.394. The van der Waals surface area contributed by atoms with Gasteiger partial charge in [0.15, 0.2) is 17.3 Å². The summed E-state index contributed by atoms with van der Waals surface area (Å²) in [5.41, 5.74) is 3.83. The van der Waals surface area contributed by atoms with E-state index in [0.29, 0.717) is 18.2 Å². The number of fused-ring (bicyclic) bond motifs is 4. The van der Waals surface area contributed by atoms with E-state index in [9.17, 15) is 9.90 Å². The Hall–Kier alpha value is -4.59. The number of rotatable bonds is 5. The summed E-state index contributed by atoms with van der Waals surface area (Å²) >= 11 is 0. The maximum absolute atomic E-state index is 11.3. The third-order valence-corrected chi connectivity index (χ3v) is 6.03. The minimum atomic E-state index is -0.970. The van der Waals surface area contributed by atoms with Gasteiger partial charge in [0.2, 0.25) is 6.79 Å². The number of carboxylic acids is 1. The molecule has 0 saturated heterocycles. The molecule has 0 spiro atoms. The number of benzene rings is 3. The number of nitrogens with one attached hydrogen (secondary N) is 1. The lowest BCUT2D eigenvalue weighted by atomic mass is 10.1. The van der Waals surface area contributed by atoms with Gasteiger partial charge < -0.3 is 24.5 Å². The van der Waals surface area contributed by atoms with Crippen LogP contribution in [0.4, 0.5) is 5.82 Å². The lowest BCUT2D eigenvalue weighted by molar-refractivity contribution is 0.0697. The van der Waals surface area contributed by atoms with Gasteiger partial charge >= 0.3 is 5.97 Å². The molecule has 0 amide bonds. The number of aromatic nitrogens is 3. The van der Waals surface area contributed by atoms with Gasteiger partial charge in [-0.2, -0.15) is 0 Å². The minimum absolute atomic E-state index is 0.218. The zero-order chi connectivity index (χ0) is 23.2. The van der Waals surface area contributed by atoms with E-state index in [1.54, 1.807) is 24.3 Å². The van der Waals surface area contributed by atoms with Crippen molar-refractivity contribution in [3.8, 4) is 22.9 Å². The SMILES string of the molecule is Cn1c2ccccc2c2c(NCc3ccc4c(c3)OCO4)nc(-c3ccc(C(=O)O)cc3)nc21. The number of nitrogens with zero attached hydrogens (tertiary/aromatic N) is 3. The molecule has 5 aromatic rings. The van der Waals surface area contributed by atoms with Crippen molar-refractivity contribution in [2.45, 2.75) is 6.54 Å². The standard InChI is InChI=1S/C26H20N4O4/c1-30-19-5-3-2-4-18(19)22-24(27-13-15-6-11-20-21(12-15)34-14-33-20)28-23(29-25(22)30)16-7-9-17(10-8-16)26(31)32/h2-12H,13-14H2,1H3,(H,31,32)(H,27,28,29). The van der Waals surface area contributed by atoms with Gasteiger partial charge in [0.25, 0.3) is 0 Å². The lowest BCUT2D eigenvalue weighted by Crippen LogP contribution is -2.05. The Labute approximate surface area is 194 Å². The first-order chi connectivity index (χ1) is 16.6. The third-order valence-electron chi connectivity index (χ3n) is 6.03. The molecule has 0 saturated carbocycles. The first-order valence-corrected chi connectivity index (χ1v) is 10.8. The fourth-order valence-electron chi connectivity index (χ4n) is 4.29. The molecule has 8 nitrogen and oxygen atoms in total. The summed E-state index contributed by atoms with van der Waals surface area (Å²) in [6, 6.07) is 20.6. The summed E-state index contributed by atoms with van der Waals surface area (Å²) in [5, 5.41) is 14.7. The van der Waals surface area contributed by atoms with Crippen molar-refractivity contribution >= 4 is 33.7 Å². The molecule has 0 unspecified atom stereocenters. The highest BCUT2D eigenvalue weighted by atomic mass is 16.7. The number of ether oxygens (including phenoxy) is 2. The highest BCUT2D eigenvalue weighted by molar-refractivity contribution is 6.12. The summed E-state index contributed by atoms with van der Waals surface area (Å²) in [5.74, 6) is 1.73. The number of carbonyl (C=O) groups is 1. The largest absolute Gasteiger partial charge is 0.478 e. The summed E-state index contributed by atoms with van der Waals surface area (Å²) in [7, 11) is 1.98. The number of anilines is 1. The van der Waals surface area contributed by atoms with Gasteiger partial charge in [0.05, 0.1) is 16.5 Å². The van der Waals surface area contributed by atoms with Gasteiger partial charge in [-0.3, -0.25) is 0 Å². The Morgan fingerprint density at radius 3 is 2.65 bits per heavy atom. The van der Waals surface area contributed by atoms with E-state index in [4.69, 9.17) is 19.4 Å². The van der Waals surface area contributed by atoms with Crippen LogP contribution in [0.25, 0.3) is 33.3 Å². The van der Waals surface area contributed by atoms with Gasteiger partial charge in [-0.25, -0.2) is 14.8 Å². The molecule has 0 atom stereocenters. The Bertz CT molecular complexity index is 1570. The topological polar surface area (TPSA) is 98.5 Å². The fourth-order valence-corrected chi connectivity index (χ4v) is 4.29. The zero-order valence-corrected chi connectivity index (χ0v) is 18.3. The first-order valence-electron chi connectivity index (χ1n) is 10.8. The second-order valence-corrected chi connectivity index (χ2v) is 8.09. The molecular weight excluding hydrogens is 432 g/mol. The van der Waals surface area contributed by atoms with Crippen LogP contribution in [-0.4, -0.2) is 32.4 Å². The molecule has 0 fully saturated rings. The zero-order valence-electron chi connectivity index (χ0n) is 18.3. The number of para-hydroxylation sites is 1. The molecule has 0 radical (unpaired) electrons. The molecule has 8 heteroatoms. The van der Waals surface area contributed by atoms with Crippen molar-refractivity contribution in [3.63, 3.8) is 0 Å². The predicted octanol–water partition coefficient (Wildman–Crippen LogP) is 4.83. The highest BCUT2D eigenvalue weighted by Gasteiger charge is 2.18. The third kappa shape index (κ3) is 3.27. The van der Waals surface area contributed by atoms with Crippen molar-refractivity contribution in [3.05, 3.63) is 77.9 Å². The number of aryl methyl sites for hydroxylation is 1. The summed E-state index contributed by atoms with van der Waals surface area (Å²) in [6.45, 7) is 0.766. The van der Waals surface area contributed by atoms with Crippen LogP contribution >= 0.6 is 0 Å². The van der Waals surface area contributed by atoms with E-state index >= 15 is 0 Å². The van der Waals surface area contributed by atoms with Crippen molar-refractivity contribution in [1.29, 1.82) is 0 Å². The molecule has 0 bridgehead atoms. The number of hydrogen-bond acceptors (Lipinski definition) is 6. The lowest BCUT2D eigenvalue weighted by Gasteiger charge is -2.11. The minimum Gasteiger partial charge on any atom is -0.478 e. The number of carboxylic acid groups (broad SMARTS) is 1. The van der Waals surface area contributed by atoms with Crippen LogP contribution in [0.15, 0.2) is 66.7 Å². The van der Waals surface area contributed by atoms with E-state index in [1.807, 2.05) is 41.9 Å². The second kappa shape index (κ2) is 7.77. The van der Waals surface area contributed by atoms with Gasteiger partial charge in [-0.15, -0.1) is 0 Å². The van der Waals surface area contributed by atoms with Crippen molar-refractivity contribution in [1.82, 2.24) is 14.5 Å². The molecule has 6 rings (SSSR count). The predicted molar refractivity (Wildman–Crippen MR) is 128 cm³/mol. The van der Waals surface area contributed by atoms with Crippen LogP contribution in [0.5, 0.6) is 11.5 Å². The smallest absolute Gasteiger partial charge is 0.335 e. The Morgan fingerprint density at radius 2 is 1.82 bits per heavy atom. The van der Waals surface area contributed by atoms with Gasteiger partial charge in [0.1, 0.15) is 11.5 Å². The van der Waals surface area contributed by atoms with Crippen LogP contribution in [0.3, 0.4) is 0 Å². The molecule has 3 heterocycles. The van der Waals surface area contributed by atoms with Crippen LogP contribution < -0.4 is 14.8 Å². The monoisotopic (exact) mass is 452 g/mol. The first kappa shape index (κ1) is 20.0. The number of hydrogen-bond donors (Lipinski definition) is 2. The van der Waals surface area contributed by atoms with E-state index < -0.39 is 5.97 Å².